The molecule has 6 heteroatoms. The Morgan fingerprint density at radius 3 is 2.81 bits per heavy atom. The van der Waals surface area contributed by atoms with Crippen LogP contribution in [-0.2, 0) is 0 Å². The van der Waals surface area contributed by atoms with Crippen LogP contribution < -0.4 is 4.74 Å². The predicted octanol–water partition coefficient (Wildman–Crippen LogP) is 2.85. The molecular weight excluding hydrogens is 290 g/mol. The molecule has 0 aliphatic rings. The molecule has 0 fully saturated rings. The minimum atomic E-state index is 0.571. The van der Waals surface area contributed by atoms with Crippen molar-refractivity contribution < 1.29 is 4.74 Å². The highest BCUT2D eigenvalue weighted by atomic mass is 79.9. The summed E-state index contributed by atoms with van der Waals surface area (Å²) in [6.45, 7) is 0. The Morgan fingerprint density at radius 2 is 2.25 bits per heavy atom. The van der Waals surface area contributed by atoms with Gasteiger partial charge in [0.05, 0.1) is 24.3 Å². The Hall–Kier alpha value is -1.45. The molecule has 0 N–H and O–H groups in total. The van der Waals surface area contributed by atoms with Crippen LogP contribution >= 0.6 is 27.3 Å². The molecule has 0 radical (unpaired) electrons. The van der Waals surface area contributed by atoms with Crippen molar-refractivity contribution in [2.24, 2.45) is 0 Å². The lowest BCUT2D eigenvalue weighted by Gasteiger charge is -2.05. The molecule has 0 amide bonds. The second-order valence-electron chi connectivity index (χ2n) is 2.89. The molecule has 1 heterocycles. The number of methoxy groups -OCH3 is 1. The molecular formula is C10H6BrN3OS. The van der Waals surface area contributed by atoms with Crippen LogP contribution in [0.3, 0.4) is 0 Å². The average Bonchev–Trinajstić information content (AvgIpc) is 2.75. The Balaban J connectivity index is 2.57. The maximum atomic E-state index is 8.85. The topological polar surface area (TPSA) is 58.8 Å². The van der Waals surface area contributed by atoms with Crippen molar-refractivity contribution in [1.29, 1.82) is 5.26 Å². The molecule has 2 aromatic rings. The fourth-order valence-corrected chi connectivity index (χ4v) is 2.39. The lowest BCUT2D eigenvalue weighted by atomic mass is 10.1. The van der Waals surface area contributed by atoms with E-state index in [-0.39, 0.29) is 0 Å². The van der Waals surface area contributed by atoms with E-state index in [2.05, 4.69) is 32.2 Å². The van der Waals surface area contributed by atoms with E-state index in [9.17, 15) is 0 Å². The summed E-state index contributed by atoms with van der Waals surface area (Å²) in [5.41, 5.74) is 1.35. The third-order valence-electron chi connectivity index (χ3n) is 1.96. The zero-order chi connectivity index (χ0) is 11.5. The molecule has 0 atom stereocenters. The lowest BCUT2D eigenvalue weighted by Crippen LogP contribution is -1.88. The van der Waals surface area contributed by atoms with E-state index in [1.807, 2.05) is 0 Å². The van der Waals surface area contributed by atoms with Gasteiger partial charge in [0.2, 0.25) is 0 Å². The lowest BCUT2D eigenvalue weighted by molar-refractivity contribution is 0.416. The van der Waals surface area contributed by atoms with Gasteiger partial charge < -0.3 is 4.74 Å². The van der Waals surface area contributed by atoms with Crippen LogP contribution in [0.15, 0.2) is 22.1 Å². The number of rotatable bonds is 2. The predicted molar refractivity (Wildman–Crippen MR) is 64.3 cm³/mol. The number of nitriles is 1. The third kappa shape index (κ3) is 2.05. The van der Waals surface area contributed by atoms with Gasteiger partial charge in [-0.25, -0.2) is 0 Å². The second-order valence-corrected chi connectivity index (χ2v) is 5.14. The highest BCUT2D eigenvalue weighted by molar-refractivity contribution is 9.11. The van der Waals surface area contributed by atoms with Crippen molar-refractivity contribution in [3.63, 3.8) is 0 Å². The van der Waals surface area contributed by atoms with Crippen molar-refractivity contribution in [2.45, 2.75) is 0 Å². The number of nitrogens with zero attached hydrogens (tertiary/aromatic N) is 3. The van der Waals surface area contributed by atoms with Crippen LogP contribution in [0.1, 0.15) is 5.56 Å². The molecule has 0 unspecified atom stereocenters. The fraction of sp³-hybridized carbons (Fsp3) is 0.100. The van der Waals surface area contributed by atoms with Gasteiger partial charge in [-0.15, -0.1) is 10.2 Å². The van der Waals surface area contributed by atoms with Gasteiger partial charge >= 0.3 is 0 Å². The molecule has 4 nitrogen and oxygen atoms in total. The zero-order valence-corrected chi connectivity index (χ0v) is 10.7. The first-order valence-corrected chi connectivity index (χ1v) is 5.93. The van der Waals surface area contributed by atoms with Crippen LogP contribution in [0.2, 0.25) is 0 Å². The first-order valence-electron chi connectivity index (χ1n) is 4.32. The van der Waals surface area contributed by atoms with Gasteiger partial charge in [0, 0.05) is 0 Å². The summed E-state index contributed by atoms with van der Waals surface area (Å²) in [5.74, 6) is 0.683. The summed E-state index contributed by atoms with van der Waals surface area (Å²) in [4.78, 5) is 0. The largest absolute Gasteiger partial charge is 0.496 e. The van der Waals surface area contributed by atoms with E-state index in [4.69, 9.17) is 10.00 Å². The van der Waals surface area contributed by atoms with Gasteiger partial charge in [0.15, 0.2) is 8.92 Å². The molecule has 16 heavy (non-hydrogen) atoms. The van der Waals surface area contributed by atoms with Crippen LogP contribution in [0.25, 0.3) is 10.6 Å². The summed E-state index contributed by atoms with van der Waals surface area (Å²) < 4.78 is 5.92. The van der Waals surface area contributed by atoms with Gasteiger partial charge in [-0.3, -0.25) is 0 Å². The van der Waals surface area contributed by atoms with Gasteiger partial charge in [0.25, 0.3) is 0 Å². The first-order chi connectivity index (χ1) is 7.74. The molecule has 1 aromatic heterocycles. The van der Waals surface area contributed by atoms with Crippen molar-refractivity contribution in [3.8, 4) is 22.4 Å². The van der Waals surface area contributed by atoms with Crippen LogP contribution in [0, 0.1) is 11.3 Å². The molecule has 0 aliphatic carbocycles. The van der Waals surface area contributed by atoms with Gasteiger partial charge in [0.1, 0.15) is 5.75 Å². The van der Waals surface area contributed by atoms with Crippen molar-refractivity contribution in [2.75, 3.05) is 7.11 Å². The first kappa shape index (κ1) is 11.0. The molecule has 0 spiro atoms. The minimum absolute atomic E-state index is 0.571. The Labute approximate surface area is 105 Å². The van der Waals surface area contributed by atoms with Crippen molar-refractivity contribution in [1.82, 2.24) is 10.2 Å². The number of hydrogen-bond acceptors (Lipinski definition) is 5. The Morgan fingerprint density at radius 1 is 1.44 bits per heavy atom. The number of hydrogen-bond donors (Lipinski definition) is 0. The van der Waals surface area contributed by atoms with Gasteiger partial charge in [-0.2, -0.15) is 5.26 Å². The van der Waals surface area contributed by atoms with Crippen molar-refractivity contribution >= 4 is 27.3 Å². The second kappa shape index (κ2) is 4.60. The Kier molecular flexibility index (Phi) is 3.17. The summed E-state index contributed by atoms with van der Waals surface area (Å²) in [6.07, 6.45) is 0. The molecule has 0 saturated carbocycles. The SMILES string of the molecule is COc1ccc(C#N)cc1-c1nnc(Br)s1. The standard InChI is InChI=1S/C10H6BrN3OS/c1-15-8-3-2-6(5-12)4-7(8)9-13-14-10(11)16-9/h2-4H,1H3. The van der Waals surface area contributed by atoms with E-state index in [1.165, 1.54) is 11.3 Å². The third-order valence-corrected chi connectivity index (χ3v) is 3.35. The molecule has 2 rings (SSSR count). The minimum Gasteiger partial charge on any atom is -0.496 e. The zero-order valence-electron chi connectivity index (χ0n) is 8.27. The molecule has 0 aliphatic heterocycles. The van der Waals surface area contributed by atoms with E-state index >= 15 is 0 Å². The van der Waals surface area contributed by atoms with E-state index < -0.39 is 0 Å². The monoisotopic (exact) mass is 295 g/mol. The van der Waals surface area contributed by atoms with E-state index in [1.54, 1.807) is 25.3 Å². The number of benzene rings is 1. The maximum Gasteiger partial charge on any atom is 0.183 e. The Bertz CT molecular complexity index is 561. The molecule has 80 valence electrons. The molecule has 0 saturated heterocycles. The maximum absolute atomic E-state index is 8.85. The quantitative estimate of drug-likeness (QED) is 0.855. The molecule has 1 aromatic carbocycles. The van der Waals surface area contributed by atoms with Crippen molar-refractivity contribution in [3.05, 3.63) is 27.7 Å². The van der Waals surface area contributed by atoms with Crippen LogP contribution in [0.4, 0.5) is 0 Å². The number of aromatic nitrogens is 2. The number of halogens is 1. The average molecular weight is 296 g/mol. The van der Waals surface area contributed by atoms with E-state index in [0.29, 0.717) is 15.2 Å². The van der Waals surface area contributed by atoms with Crippen LogP contribution in [-0.4, -0.2) is 17.3 Å². The summed E-state index contributed by atoms with van der Waals surface area (Å²) in [7, 11) is 1.58. The van der Waals surface area contributed by atoms with Gasteiger partial charge in [-0.05, 0) is 34.1 Å². The smallest absolute Gasteiger partial charge is 0.183 e. The van der Waals surface area contributed by atoms with E-state index in [0.717, 1.165) is 10.6 Å². The fourth-order valence-electron chi connectivity index (χ4n) is 1.26. The number of ether oxygens (including phenoxy) is 1. The normalized spacial score (nSPS) is 9.81. The summed E-state index contributed by atoms with van der Waals surface area (Å²) in [6, 6.07) is 7.29. The molecule has 0 bridgehead atoms. The van der Waals surface area contributed by atoms with Gasteiger partial charge in [-0.1, -0.05) is 11.3 Å². The summed E-state index contributed by atoms with van der Waals surface area (Å²) in [5, 5.41) is 17.4. The summed E-state index contributed by atoms with van der Waals surface area (Å²) >= 11 is 4.65. The highest BCUT2D eigenvalue weighted by Gasteiger charge is 2.11. The highest BCUT2D eigenvalue weighted by Crippen LogP contribution is 2.33. The van der Waals surface area contributed by atoms with Crippen LogP contribution in [0.5, 0.6) is 5.75 Å².